The van der Waals surface area contributed by atoms with Crippen LogP contribution >= 0.6 is 0 Å². The molecule has 0 spiro atoms. The summed E-state index contributed by atoms with van der Waals surface area (Å²) in [7, 11) is -1.73. The van der Waals surface area contributed by atoms with Gasteiger partial charge in [0.1, 0.15) is 0 Å². The Kier molecular flexibility index (Phi) is 9.08. The summed E-state index contributed by atoms with van der Waals surface area (Å²) in [6.07, 6.45) is 2.05. The molecule has 0 saturated carbocycles. The lowest BCUT2D eigenvalue weighted by Gasteiger charge is -2.36. The van der Waals surface area contributed by atoms with Gasteiger partial charge in [0.05, 0.1) is 6.04 Å². The summed E-state index contributed by atoms with van der Waals surface area (Å²) < 4.78 is 6.43. The molecule has 1 atom stereocenters. The summed E-state index contributed by atoms with van der Waals surface area (Å²) in [5, 5.41) is 4.07. The van der Waals surface area contributed by atoms with Gasteiger partial charge in [-0.05, 0) is 53.2 Å². The lowest BCUT2D eigenvalue weighted by Crippen LogP contribution is -2.42. The first-order valence-electron chi connectivity index (χ1n) is 11.4. The van der Waals surface area contributed by atoms with Crippen molar-refractivity contribution in [2.45, 2.75) is 71.6 Å². The van der Waals surface area contributed by atoms with Crippen molar-refractivity contribution in [3.8, 4) is 0 Å². The molecular formula is C27H41NOSi. The number of nitrogens with one attached hydrogen (secondary N) is 1. The highest BCUT2D eigenvalue weighted by Crippen LogP contribution is 2.37. The Morgan fingerprint density at radius 1 is 0.900 bits per heavy atom. The fourth-order valence-electron chi connectivity index (χ4n) is 3.66. The smallest absolute Gasteiger partial charge is 0.192 e. The van der Waals surface area contributed by atoms with Crippen molar-refractivity contribution in [2.75, 3.05) is 13.2 Å². The summed E-state index contributed by atoms with van der Waals surface area (Å²) in [6, 6.07) is 21.9. The van der Waals surface area contributed by atoms with Crippen molar-refractivity contribution >= 4 is 13.9 Å². The second kappa shape index (κ2) is 11.1. The van der Waals surface area contributed by atoms with Crippen molar-refractivity contribution in [3.63, 3.8) is 0 Å². The summed E-state index contributed by atoms with van der Waals surface area (Å²) in [5.41, 5.74) is 5.58. The first kappa shape index (κ1) is 24.6. The third kappa shape index (κ3) is 6.41. The van der Waals surface area contributed by atoms with Crippen molar-refractivity contribution in [2.24, 2.45) is 0 Å². The van der Waals surface area contributed by atoms with Gasteiger partial charge in [-0.15, -0.1) is 0 Å². The highest BCUT2D eigenvalue weighted by molar-refractivity contribution is 6.74. The molecule has 0 saturated heterocycles. The maximum Gasteiger partial charge on any atom is 0.192 e. The molecule has 1 N–H and O–H groups in total. The van der Waals surface area contributed by atoms with E-state index in [-0.39, 0.29) is 11.1 Å². The Labute approximate surface area is 185 Å². The average molecular weight is 424 g/mol. The van der Waals surface area contributed by atoms with Crippen LogP contribution in [-0.2, 0) is 4.43 Å². The number of allylic oxidation sites excluding steroid dienone is 1. The van der Waals surface area contributed by atoms with Crippen LogP contribution in [0, 0.1) is 0 Å². The molecule has 0 radical (unpaired) electrons. The highest BCUT2D eigenvalue weighted by Gasteiger charge is 2.36. The van der Waals surface area contributed by atoms with E-state index in [1.165, 1.54) is 22.3 Å². The Morgan fingerprint density at radius 2 is 1.47 bits per heavy atom. The predicted octanol–water partition coefficient (Wildman–Crippen LogP) is 7.61. The molecule has 2 nitrogen and oxygen atoms in total. The third-order valence-electron chi connectivity index (χ3n) is 6.45. The first-order valence-corrected chi connectivity index (χ1v) is 14.3. The van der Waals surface area contributed by atoms with Gasteiger partial charge < -0.3 is 9.74 Å². The number of hydrogen-bond acceptors (Lipinski definition) is 2. The van der Waals surface area contributed by atoms with Crippen molar-refractivity contribution in [1.29, 1.82) is 0 Å². The maximum absolute atomic E-state index is 6.43. The molecule has 0 amide bonds. The second-order valence-electron chi connectivity index (χ2n) is 9.48. The monoisotopic (exact) mass is 423 g/mol. The molecule has 0 fully saturated rings. The minimum Gasteiger partial charge on any atom is -0.416 e. The fraction of sp³-hybridized carbons (Fsp3) is 0.481. The lowest BCUT2D eigenvalue weighted by molar-refractivity contribution is 0.282. The molecule has 0 aromatic heterocycles. The number of benzene rings is 2. The van der Waals surface area contributed by atoms with E-state index in [0.717, 1.165) is 26.0 Å². The summed E-state index contributed by atoms with van der Waals surface area (Å²) in [4.78, 5) is 0. The molecule has 0 unspecified atom stereocenters. The summed E-state index contributed by atoms with van der Waals surface area (Å²) in [6.45, 7) is 17.7. The Hall–Kier alpha value is -1.68. The minimum atomic E-state index is -1.73. The molecular weight excluding hydrogens is 382 g/mol. The molecule has 164 valence electrons. The van der Waals surface area contributed by atoms with Crippen molar-refractivity contribution in [1.82, 2.24) is 5.32 Å². The quantitative estimate of drug-likeness (QED) is 0.313. The molecule has 2 aromatic carbocycles. The number of rotatable bonds is 10. The van der Waals surface area contributed by atoms with Crippen LogP contribution in [0.15, 0.2) is 66.2 Å². The van der Waals surface area contributed by atoms with E-state index in [2.05, 4.69) is 114 Å². The van der Waals surface area contributed by atoms with E-state index in [0.29, 0.717) is 0 Å². The van der Waals surface area contributed by atoms with Gasteiger partial charge in [-0.1, -0.05) is 95.3 Å². The Bertz CT molecular complexity index is 791. The van der Waals surface area contributed by atoms with Crippen molar-refractivity contribution < 1.29 is 4.43 Å². The molecule has 2 aromatic rings. The third-order valence-corrected chi connectivity index (χ3v) is 11.0. The lowest BCUT2D eigenvalue weighted by atomic mass is 9.88. The molecule has 0 aliphatic rings. The van der Waals surface area contributed by atoms with Crippen LogP contribution in [0.1, 0.15) is 64.6 Å². The topological polar surface area (TPSA) is 21.3 Å². The van der Waals surface area contributed by atoms with E-state index in [1.807, 2.05) is 0 Å². The minimum absolute atomic E-state index is 0.203. The van der Waals surface area contributed by atoms with Gasteiger partial charge in [0, 0.05) is 13.2 Å². The van der Waals surface area contributed by atoms with E-state index in [1.54, 1.807) is 0 Å². The van der Waals surface area contributed by atoms with Gasteiger partial charge in [-0.2, -0.15) is 0 Å². The van der Waals surface area contributed by atoms with E-state index in [9.17, 15) is 0 Å². The molecule has 0 aliphatic carbocycles. The van der Waals surface area contributed by atoms with Gasteiger partial charge in [-0.25, -0.2) is 0 Å². The molecule has 2 rings (SSSR count). The van der Waals surface area contributed by atoms with E-state index in [4.69, 9.17) is 4.43 Å². The normalized spacial score (nSPS) is 14.4. The van der Waals surface area contributed by atoms with Gasteiger partial charge >= 0.3 is 0 Å². The Morgan fingerprint density at radius 3 is 1.97 bits per heavy atom. The zero-order valence-corrected chi connectivity index (χ0v) is 21.1. The molecule has 0 aliphatic heterocycles. The van der Waals surface area contributed by atoms with Gasteiger partial charge in [0.25, 0.3) is 0 Å². The predicted molar refractivity (Wildman–Crippen MR) is 134 cm³/mol. The van der Waals surface area contributed by atoms with Crippen LogP contribution in [-0.4, -0.2) is 21.5 Å². The zero-order chi connectivity index (χ0) is 22.2. The van der Waals surface area contributed by atoms with E-state index >= 15 is 0 Å². The van der Waals surface area contributed by atoms with Crippen LogP contribution < -0.4 is 5.32 Å². The van der Waals surface area contributed by atoms with Gasteiger partial charge in [0.15, 0.2) is 8.32 Å². The second-order valence-corrected chi connectivity index (χ2v) is 14.3. The van der Waals surface area contributed by atoms with Crippen LogP contribution in [0.3, 0.4) is 0 Å². The maximum atomic E-state index is 6.43. The van der Waals surface area contributed by atoms with Crippen LogP contribution in [0.2, 0.25) is 18.1 Å². The van der Waals surface area contributed by atoms with Crippen LogP contribution in [0.4, 0.5) is 0 Å². The number of hydrogen-bond donors (Lipinski definition) is 1. The molecule has 30 heavy (non-hydrogen) atoms. The van der Waals surface area contributed by atoms with Crippen LogP contribution in [0.25, 0.3) is 5.57 Å². The summed E-state index contributed by atoms with van der Waals surface area (Å²) in [5.74, 6) is 0. The largest absolute Gasteiger partial charge is 0.416 e. The molecule has 0 heterocycles. The van der Waals surface area contributed by atoms with E-state index < -0.39 is 8.32 Å². The molecule has 0 bridgehead atoms. The standard InChI is InChI=1S/C27H41NOSi/c1-8-24(22-16-12-10-13-17-22)25(9-2)26(23-18-14-11-15-19-23)28-20-21-29-30(6,7)27(3,4)5/h10-19,26,28H,8-9,20-21H2,1-7H3/b25-24+/t26-/m0/s1. The Balaban J connectivity index is 2.28. The first-order chi connectivity index (χ1) is 14.2. The average Bonchev–Trinajstić information content (AvgIpc) is 2.73. The molecule has 3 heteroatoms. The van der Waals surface area contributed by atoms with Gasteiger partial charge in [0.2, 0.25) is 0 Å². The van der Waals surface area contributed by atoms with Gasteiger partial charge in [-0.3, -0.25) is 0 Å². The highest BCUT2D eigenvalue weighted by atomic mass is 28.4. The summed E-state index contributed by atoms with van der Waals surface area (Å²) >= 11 is 0. The zero-order valence-electron chi connectivity index (χ0n) is 20.1. The van der Waals surface area contributed by atoms with Crippen molar-refractivity contribution in [3.05, 3.63) is 77.4 Å². The SMILES string of the molecule is CC/C(=C(/CC)[C@@H](NCCO[Si](C)(C)C(C)(C)C)c1ccccc1)c1ccccc1. The fourth-order valence-corrected chi connectivity index (χ4v) is 4.71. The van der Waals surface area contributed by atoms with Crippen LogP contribution in [0.5, 0.6) is 0 Å².